The molecule has 2 heterocycles. The van der Waals surface area contributed by atoms with Crippen molar-refractivity contribution in [3.8, 4) is 0 Å². The summed E-state index contributed by atoms with van der Waals surface area (Å²) in [7, 11) is -3.96. The Hall–Kier alpha value is -3.84. The Morgan fingerprint density at radius 2 is 1.71 bits per heavy atom. The summed E-state index contributed by atoms with van der Waals surface area (Å²) < 4.78 is 27.1. The molecule has 2 aliphatic rings. The SMILES string of the molecule is NC(=O)C1CC(C(=O)N2CCN(S(=O)(=O)c3cccc([N+](=O)[O-])c3)CC2)=NN1c1ccccc1. The van der Waals surface area contributed by atoms with Crippen molar-refractivity contribution in [3.05, 3.63) is 64.7 Å². The molecule has 1 unspecified atom stereocenters. The maximum absolute atomic E-state index is 13.1. The Morgan fingerprint density at radius 1 is 1.03 bits per heavy atom. The molecule has 34 heavy (non-hydrogen) atoms. The van der Waals surface area contributed by atoms with Gasteiger partial charge in [-0.25, -0.2) is 8.42 Å². The Labute approximate surface area is 195 Å². The van der Waals surface area contributed by atoms with Crippen molar-refractivity contribution in [1.29, 1.82) is 0 Å². The first kappa shape index (κ1) is 23.3. The molecule has 0 aliphatic carbocycles. The Kier molecular flexibility index (Phi) is 6.30. The van der Waals surface area contributed by atoms with E-state index in [9.17, 15) is 28.1 Å². The van der Waals surface area contributed by atoms with Crippen LogP contribution in [0.5, 0.6) is 0 Å². The van der Waals surface area contributed by atoms with Crippen LogP contribution in [0.25, 0.3) is 0 Å². The topological polar surface area (TPSA) is 160 Å². The number of nitro groups is 1. The number of nitro benzene ring substituents is 1. The number of anilines is 1. The Balaban J connectivity index is 1.46. The number of hydrogen-bond donors (Lipinski definition) is 1. The van der Waals surface area contributed by atoms with E-state index >= 15 is 0 Å². The second-order valence-electron chi connectivity index (χ2n) is 7.80. The van der Waals surface area contributed by atoms with Gasteiger partial charge in [-0.15, -0.1) is 0 Å². The molecule has 0 radical (unpaired) electrons. The smallest absolute Gasteiger partial charge is 0.270 e. The number of hydrogen-bond acceptors (Lipinski definition) is 8. The van der Waals surface area contributed by atoms with Crippen molar-refractivity contribution in [1.82, 2.24) is 9.21 Å². The number of hydrazone groups is 1. The first-order valence-corrected chi connectivity index (χ1v) is 11.9. The minimum Gasteiger partial charge on any atom is -0.368 e. The molecule has 1 saturated heterocycles. The van der Waals surface area contributed by atoms with Crippen LogP contribution in [0.15, 0.2) is 64.6 Å². The van der Waals surface area contributed by atoms with Crippen LogP contribution in [0.1, 0.15) is 6.42 Å². The van der Waals surface area contributed by atoms with Gasteiger partial charge in [-0.2, -0.15) is 9.41 Å². The van der Waals surface area contributed by atoms with Gasteiger partial charge in [0.25, 0.3) is 11.6 Å². The van der Waals surface area contributed by atoms with Crippen LogP contribution >= 0.6 is 0 Å². The lowest BCUT2D eigenvalue weighted by Gasteiger charge is -2.33. The lowest BCUT2D eigenvalue weighted by molar-refractivity contribution is -0.385. The number of para-hydroxylation sites is 1. The minimum absolute atomic E-state index is 0.0195. The third-order valence-electron chi connectivity index (χ3n) is 5.70. The number of carbonyl (C=O) groups excluding carboxylic acids is 2. The number of nitrogens with zero attached hydrogens (tertiary/aromatic N) is 5. The molecule has 0 bridgehead atoms. The van der Waals surface area contributed by atoms with Gasteiger partial charge in [-0.3, -0.25) is 24.7 Å². The fourth-order valence-electron chi connectivity index (χ4n) is 3.90. The summed E-state index contributed by atoms with van der Waals surface area (Å²) in [5.74, 6) is -1.000. The molecule has 178 valence electrons. The lowest BCUT2D eigenvalue weighted by Crippen LogP contribution is -2.52. The van der Waals surface area contributed by atoms with Crippen molar-refractivity contribution in [2.75, 3.05) is 31.2 Å². The summed E-state index contributed by atoms with van der Waals surface area (Å²) in [6, 6.07) is 12.9. The zero-order chi connectivity index (χ0) is 24.5. The molecule has 2 aromatic carbocycles. The highest BCUT2D eigenvalue weighted by Gasteiger charge is 2.38. The predicted molar refractivity (Wildman–Crippen MR) is 122 cm³/mol. The number of sulfonamides is 1. The summed E-state index contributed by atoms with van der Waals surface area (Å²) in [5.41, 5.74) is 6.00. The summed E-state index contributed by atoms with van der Waals surface area (Å²) in [6.45, 7) is 0.258. The van der Waals surface area contributed by atoms with E-state index < -0.39 is 32.8 Å². The molecule has 2 amide bonds. The zero-order valence-corrected chi connectivity index (χ0v) is 18.8. The van der Waals surface area contributed by atoms with Gasteiger partial charge < -0.3 is 10.6 Å². The molecular weight excluding hydrogens is 464 g/mol. The average Bonchev–Trinajstić information content (AvgIpc) is 3.30. The van der Waals surface area contributed by atoms with E-state index in [1.165, 1.54) is 32.4 Å². The first-order chi connectivity index (χ1) is 16.2. The van der Waals surface area contributed by atoms with Gasteiger partial charge in [0.15, 0.2) is 0 Å². The van der Waals surface area contributed by atoms with Crippen molar-refractivity contribution >= 4 is 38.9 Å². The normalized spacial score (nSPS) is 19.1. The number of benzene rings is 2. The van der Waals surface area contributed by atoms with E-state index in [-0.39, 0.29) is 48.9 Å². The van der Waals surface area contributed by atoms with Crippen molar-refractivity contribution < 1.29 is 22.9 Å². The van der Waals surface area contributed by atoms with Gasteiger partial charge in [0.1, 0.15) is 11.8 Å². The van der Waals surface area contributed by atoms with E-state index in [0.717, 1.165) is 6.07 Å². The van der Waals surface area contributed by atoms with Crippen LogP contribution in [0, 0.1) is 10.1 Å². The van der Waals surface area contributed by atoms with Gasteiger partial charge in [-0.05, 0) is 18.2 Å². The molecule has 2 N–H and O–H groups in total. The maximum Gasteiger partial charge on any atom is 0.270 e. The molecule has 13 heteroatoms. The molecule has 0 spiro atoms. The van der Waals surface area contributed by atoms with Gasteiger partial charge in [-0.1, -0.05) is 24.3 Å². The van der Waals surface area contributed by atoms with Crippen LogP contribution in [0.3, 0.4) is 0 Å². The molecule has 4 rings (SSSR count). The quantitative estimate of drug-likeness (QED) is 0.461. The molecule has 2 aromatic rings. The summed E-state index contributed by atoms with van der Waals surface area (Å²) in [4.78, 5) is 36.6. The van der Waals surface area contributed by atoms with Crippen molar-refractivity contribution in [3.63, 3.8) is 0 Å². The molecular formula is C21H22N6O6S. The first-order valence-electron chi connectivity index (χ1n) is 10.4. The van der Waals surface area contributed by atoms with E-state index in [1.54, 1.807) is 24.3 Å². The number of amides is 2. The summed E-state index contributed by atoms with van der Waals surface area (Å²) in [6.07, 6.45) is 0.0508. The number of nitrogens with two attached hydrogens (primary N) is 1. The van der Waals surface area contributed by atoms with Crippen LogP contribution < -0.4 is 10.7 Å². The monoisotopic (exact) mass is 486 g/mol. The molecule has 12 nitrogen and oxygen atoms in total. The molecule has 0 aromatic heterocycles. The minimum atomic E-state index is -3.96. The van der Waals surface area contributed by atoms with E-state index in [2.05, 4.69) is 5.10 Å². The number of non-ortho nitro benzene ring substituents is 1. The zero-order valence-electron chi connectivity index (χ0n) is 18.0. The van der Waals surface area contributed by atoms with Crippen LogP contribution in [0.4, 0.5) is 11.4 Å². The molecule has 1 atom stereocenters. The van der Waals surface area contributed by atoms with Gasteiger partial charge in [0.2, 0.25) is 15.9 Å². The van der Waals surface area contributed by atoms with Crippen LogP contribution in [0.2, 0.25) is 0 Å². The Bertz CT molecular complexity index is 1260. The fraction of sp³-hybridized carbons (Fsp3) is 0.286. The van der Waals surface area contributed by atoms with E-state index in [4.69, 9.17) is 5.73 Å². The van der Waals surface area contributed by atoms with Gasteiger partial charge in [0, 0.05) is 44.7 Å². The maximum atomic E-state index is 13.1. The van der Waals surface area contributed by atoms with Crippen molar-refractivity contribution in [2.45, 2.75) is 17.4 Å². The Morgan fingerprint density at radius 3 is 2.32 bits per heavy atom. The highest BCUT2D eigenvalue weighted by molar-refractivity contribution is 7.89. The molecule has 0 saturated carbocycles. The predicted octanol–water partition coefficient (Wildman–Crippen LogP) is 0.548. The van der Waals surface area contributed by atoms with Crippen LogP contribution in [-0.2, 0) is 19.6 Å². The highest BCUT2D eigenvalue weighted by atomic mass is 32.2. The second-order valence-corrected chi connectivity index (χ2v) is 9.74. The van der Waals surface area contributed by atoms with E-state index in [1.807, 2.05) is 6.07 Å². The van der Waals surface area contributed by atoms with E-state index in [0.29, 0.717) is 5.69 Å². The third-order valence-corrected chi connectivity index (χ3v) is 7.59. The molecule has 1 fully saturated rings. The van der Waals surface area contributed by atoms with Crippen molar-refractivity contribution in [2.24, 2.45) is 10.8 Å². The molecule has 2 aliphatic heterocycles. The standard InChI is InChI=1S/C21H22N6O6S/c22-20(28)19-14-18(23-26(19)15-5-2-1-3-6-15)21(29)24-9-11-25(12-10-24)34(32,33)17-8-4-7-16(13-17)27(30)31/h1-8,13,19H,9-12,14H2,(H2,22,28). The number of primary amides is 1. The number of carbonyl (C=O) groups is 2. The summed E-state index contributed by atoms with van der Waals surface area (Å²) in [5, 5.41) is 16.8. The highest BCUT2D eigenvalue weighted by Crippen LogP contribution is 2.26. The average molecular weight is 487 g/mol. The largest absolute Gasteiger partial charge is 0.368 e. The second kappa shape index (κ2) is 9.19. The fourth-order valence-corrected chi connectivity index (χ4v) is 5.36. The van der Waals surface area contributed by atoms with Gasteiger partial charge >= 0.3 is 0 Å². The third kappa shape index (κ3) is 4.47. The van der Waals surface area contributed by atoms with Gasteiger partial charge in [0.05, 0.1) is 15.5 Å². The lowest BCUT2D eigenvalue weighted by atomic mass is 10.1. The van der Waals surface area contributed by atoms with Crippen LogP contribution in [-0.4, -0.2) is 72.3 Å². The number of piperazine rings is 1. The number of rotatable bonds is 6. The summed E-state index contributed by atoms with van der Waals surface area (Å²) >= 11 is 0.